The summed E-state index contributed by atoms with van der Waals surface area (Å²) in [6, 6.07) is 29.1. The van der Waals surface area contributed by atoms with Crippen molar-refractivity contribution >= 4 is 37.5 Å². The minimum absolute atomic E-state index is 0.0884. The quantitative estimate of drug-likeness (QED) is 0.149. The fourth-order valence-corrected chi connectivity index (χ4v) is 11.0. The van der Waals surface area contributed by atoms with E-state index in [9.17, 15) is 19.5 Å². The molecular weight excluding hydrogens is 678 g/mol. The minimum atomic E-state index is -3.50. The number of carbonyl (C=O) groups excluding carboxylic acids is 3. The van der Waals surface area contributed by atoms with Gasteiger partial charge < -0.3 is 33.8 Å². The Morgan fingerprint density at radius 2 is 1.65 bits per heavy atom. The molecule has 1 spiro atoms. The SMILES string of the molecule is COc1ccc(C(=O)Nc2ccc(CN3C(=O)[C@]4(O[C@H](CC(=O)N5Cc6ccccc6C[C@H]5CO)[C@@H]([Si](C)(C)F)[C@@H]4C)c4ccccc43)cc2)cc1. The normalized spacial score (nSPS) is 23.8. The predicted octanol–water partition coefficient (Wildman–Crippen LogP) is 6.61. The molecule has 3 aliphatic rings. The third kappa shape index (κ3) is 6.31. The van der Waals surface area contributed by atoms with E-state index in [0.29, 0.717) is 41.2 Å². The van der Waals surface area contributed by atoms with Crippen molar-refractivity contribution in [1.29, 1.82) is 0 Å². The van der Waals surface area contributed by atoms with Gasteiger partial charge in [0.25, 0.3) is 11.8 Å². The Kier molecular flexibility index (Phi) is 9.53. The van der Waals surface area contributed by atoms with Crippen LogP contribution in [0.4, 0.5) is 15.5 Å². The zero-order chi connectivity index (χ0) is 36.8. The molecule has 2 N–H and O–H groups in total. The first kappa shape index (κ1) is 35.6. The lowest BCUT2D eigenvalue weighted by Crippen LogP contribution is -2.48. The number of hydrogen-bond donors (Lipinski definition) is 2. The van der Waals surface area contributed by atoms with Crippen LogP contribution in [0.2, 0.25) is 18.6 Å². The molecule has 1 saturated heterocycles. The van der Waals surface area contributed by atoms with Crippen molar-refractivity contribution in [2.75, 3.05) is 23.9 Å². The number of rotatable bonds is 9. The number of methoxy groups -OCH3 is 1. The number of halogens is 1. The summed E-state index contributed by atoms with van der Waals surface area (Å²) in [7, 11) is -1.93. The molecule has 5 atom stereocenters. The van der Waals surface area contributed by atoms with Gasteiger partial charge in [-0.2, -0.15) is 0 Å². The standard InChI is InChI=1S/C41H44FN3O6Si/c1-26-38(52(3,4)42)36(22-37(47)44-24-30-10-6-5-9-29(30)21-32(44)25-46)51-41(26)34-11-7-8-12-35(34)45(40(41)49)23-27-13-17-31(18-14-27)43-39(48)28-15-19-33(50-2)20-16-28/h5-20,26,32,36,38,46H,21-25H2,1-4H3,(H,43,48)/t26-,32-,36+,38-,41+/m0/s1. The van der Waals surface area contributed by atoms with E-state index in [1.165, 1.54) is 0 Å². The van der Waals surface area contributed by atoms with Crippen molar-refractivity contribution in [3.63, 3.8) is 0 Å². The maximum atomic E-state index is 16.4. The Balaban J connectivity index is 1.12. The second-order valence-corrected chi connectivity index (χ2v) is 18.4. The van der Waals surface area contributed by atoms with Crippen molar-refractivity contribution in [3.8, 4) is 5.75 Å². The maximum absolute atomic E-state index is 16.4. The van der Waals surface area contributed by atoms with Crippen LogP contribution < -0.4 is 15.0 Å². The number of hydrogen-bond acceptors (Lipinski definition) is 6. The van der Waals surface area contributed by atoms with Crippen LogP contribution in [-0.2, 0) is 39.4 Å². The third-order valence-electron chi connectivity index (χ3n) is 11.0. The van der Waals surface area contributed by atoms with Crippen LogP contribution in [0.15, 0.2) is 97.1 Å². The van der Waals surface area contributed by atoms with Gasteiger partial charge >= 0.3 is 0 Å². The Hall–Kier alpha value is -4.84. The number of fused-ring (bicyclic) bond motifs is 3. The molecule has 0 saturated carbocycles. The lowest BCUT2D eigenvalue weighted by atomic mass is 9.82. The molecule has 9 nitrogen and oxygen atoms in total. The number of aliphatic hydroxyl groups is 1. The van der Waals surface area contributed by atoms with E-state index in [1.807, 2.05) is 67.6 Å². The zero-order valence-electron chi connectivity index (χ0n) is 29.8. The van der Waals surface area contributed by atoms with Gasteiger partial charge in [-0.3, -0.25) is 14.4 Å². The average molecular weight is 722 g/mol. The van der Waals surface area contributed by atoms with Crippen LogP contribution in [-0.4, -0.2) is 62.0 Å². The number of para-hydroxylation sites is 1. The fourth-order valence-electron chi connectivity index (χ4n) is 8.51. The summed E-state index contributed by atoms with van der Waals surface area (Å²) in [6.45, 7) is 5.54. The van der Waals surface area contributed by atoms with Gasteiger partial charge in [-0.25, -0.2) is 0 Å². The Morgan fingerprint density at radius 1 is 0.981 bits per heavy atom. The highest BCUT2D eigenvalue weighted by Gasteiger charge is 2.67. The number of benzene rings is 4. The third-order valence-corrected chi connectivity index (χ3v) is 13.5. The van der Waals surface area contributed by atoms with Gasteiger partial charge in [0.05, 0.1) is 44.5 Å². The number of anilines is 2. The maximum Gasteiger partial charge on any atom is 0.264 e. The number of nitrogens with one attached hydrogen (secondary N) is 1. The molecule has 270 valence electrons. The first-order valence-electron chi connectivity index (χ1n) is 17.7. The molecule has 0 unspecified atom stereocenters. The van der Waals surface area contributed by atoms with E-state index in [0.717, 1.165) is 16.7 Å². The molecule has 11 heteroatoms. The highest BCUT2D eigenvalue weighted by Crippen LogP contribution is 2.60. The molecule has 52 heavy (non-hydrogen) atoms. The molecule has 7 rings (SSSR count). The van der Waals surface area contributed by atoms with Crippen LogP contribution in [0.1, 0.15) is 46.0 Å². The molecule has 4 aromatic carbocycles. The molecule has 3 aliphatic heterocycles. The van der Waals surface area contributed by atoms with Crippen LogP contribution >= 0.6 is 0 Å². The summed E-state index contributed by atoms with van der Waals surface area (Å²) in [5.41, 5.74) is 3.33. The van der Waals surface area contributed by atoms with Gasteiger partial charge in [-0.15, -0.1) is 0 Å². The largest absolute Gasteiger partial charge is 0.497 e. The van der Waals surface area contributed by atoms with E-state index in [2.05, 4.69) is 5.32 Å². The van der Waals surface area contributed by atoms with Gasteiger partial charge in [0.15, 0.2) is 5.60 Å². The summed E-state index contributed by atoms with van der Waals surface area (Å²) in [5, 5.41) is 13.2. The van der Waals surface area contributed by atoms with E-state index in [1.54, 1.807) is 66.4 Å². The minimum Gasteiger partial charge on any atom is -0.497 e. The molecule has 1 fully saturated rings. The van der Waals surface area contributed by atoms with E-state index in [4.69, 9.17) is 9.47 Å². The molecule has 0 aliphatic carbocycles. The van der Waals surface area contributed by atoms with E-state index >= 15 is 4.11 Å². The van der Waals surface area contributed by atoms with Crippen LogP contribution in [0.5, 0.6) is 5.75 Å². The van der Waals surface area contributed by atoms with Crippen molar-refractivity contribution in [2.45, 2.75) is 69.2 Å². The summed E-state index contributed by atoms with van der Waals surface area (Å²) in [5.74, 6) is -0.639. The zero-order valence-corrected chi connectivity index (χ0v) is 30.8. The van der Waals surface area contributed by atoms with E-state index in [-0.39, 0.29) is 37.3 Å². The first-order chi connectivity index (χ1) is 24.9. The number of aliphatic hydroxyl groups excluding tert-OH is 1. The van der Waals surface area contributed by atoms with Gasteiger partial charge in [-0.05, 0) is 78.7 Å². The van der Waals surface area contributed by atoms with Crippen LogP contribution in [0.25, 0.3) is 0 Å². The Labute approximate surface area is 304 Å². The monoisotopic (exact) mass is 721 g/mol. The summed E-state index contributed by atoms with van der Waals surface area (Å²) in [4.78, 5) is 45.0. The highest BCUT2D eigenvalue weighted by molar-refractivity contribution is 6.72. The van der Waals surface area contributed by atoms with Crippen molar-refractivity contribution in [3.05, 3.63) is 125 Å². The smallest absolute Gasteiger partial charge is 0.264 e. The average Bonchev–Trinajstić information content (AvgIpc) is 3.57. The molecule has 3 amide bonds. The number of carbonyl (C=O) groups is 3. The van der Waals surface area contributed by atoms with Crippen LogP contribution in [0.3, 0.4) is 0 Å². The second kappa shape index (κ2) is 13.9. The first-order valence-corrected chi connectivity index (χ1v) is 20.7. The van der Waals surface area contributed by atoms with Gasteiger partial charge in [-0.1, -0.05) is 61.5 Å². The number of nitrogens with zero attached hydrogens (tertiary/aromatic N) is 2. The number of amides is 3. The predicted molar refractivity (Wildman–Crippen MR) is 199 cm³/mol. The van der Waals surface area contributed by atoms with Crippen molar-refractivity contribution in [2.24, 2.45) is 5.92 Å². The topological polar surface area (TPSA) is 108 Å². The molecule has 0 aromatic heterocycles. The highest BCUT2D eigenvalue weighted by atomic mass is 28.4. The Bertz CT molecular complexity index is 1980. The molecule has 0 bridgehead atoms. The van der Waals surface area contributed by atoms with Crippen LogP contribution in [0, 0.1) is 5.92 Å². The van der Waals surface area contributed by atoms with Gasteiger partial charge in [0.2, 0.25) is 14.3 Å². The molecule has 3 heterocycles. The summed E-state index contributed by atoms with van der Waals surface area (Å²) < 4.78 is 28.4. The van der Waals surface area contributed by atoms with Crippen molar-refractivity contribution in [1.82, 2.24) is 4.90 Å². The summed E-state index contributed by atoms with van der Waals surface area (Å²) >= 11 is 0. The van der Waals surface area contributed by atoms with Crippen molar-refractivity contribution < 1.29 is 33.1 Å². The fraction of sp³-hybridized carbons (Fsp3) is 0.341. The van der Waals surface area contributed by atoms with Gasteiger partial charge in [0, 0.05) is 34.8 Å². The number of ether oxygens (including phenoxy) is 2. The van der Waals surface area contributed by atoms with E-state index < -0.39 is 37.6 Å². The lowest BCUT2D eigenvalue weighted by Gasteiger charge is -2.37. The van der Waals surface area contributed by atoms with Gasteiger partial charge in [0.1, 0.15) is 5.75 Å². The molecular formula is C41H44FN3O6Si. The summed E-state index contributed by atoms with van der Waals surface area (Å²) in [6.07, 6.45) is -0.376. The molecule has 0 radical (unpaired) electrons. The lowest BCUT2D eigenvalue weighted by molar-refractivity contribution is -0.151. The Morgan fingerprint density at radius 3 is 2.33 bits per heavy atom. The molecule has 4 aromatic rings. The second-order valence-electron chi connectivity index (χ2n) is 14.6.